The maximum atomic E-state index is 12.6. The Morgan fingerprint density at radius 3 is 2.70 bits per heavy atom. The SMILES string of the molecule is CN(C(=O)CN1CCC(c2nc3cc(Cl)ccc3o2)CC1)c1ccccc1. The molecule has 1 amide bonds. The summed E-state index contributed by atoms with van der Waals surface area (Å²) < 4.78 is 5.91. The molecular weight excluding hydrogens is 362 g/mol. The van der Waals surface area contributed by atoms with Gasteiger partial charge >= 0.3 is 0 Å². The summed E-state index contributed by atoms with van der Waals surface area (Å²) in [5, 5.41) is 0.665. The number of anilines is 1. The highest BCUT2D eigenvalue weighted by Gasteiger charge is 2.26. The number of para-hydroxylation sites is 1. The normalized spacial score (nSPS) is 15.9. The number of likely N-dealkylation sites (N-methyl/N-ethyl adjacent to an activating group) is 1. The molecule has 2 heterocycles. The molecule has 27 heavy (non-hydrogen) atoms. The molecule has 1 fully saturated rings. The van der Waals surface area contributed by atoms with E-state index < -0.39 is 0 Å². The third kappa shape index (κ3) is 3.99. The number of aromatic nitrogens is 1. The van der Waals surface area contributed by atoms with Gasteiger partial charge in [-0.05, 0) is 56.3 Å². The fourth-order valence-corrected chi connectivity index (χ4v) is 3.69. The standard InChI is InChI=1S/C21H22ClN3O2/c1-24(17-5-3-2-4-6-17)20(26)14-25-11-9-15(10-12-25)21-23-18-13-16(22)7-8-19(18)27-21/h2-8,13,15H,9-12,14H2,1H3. The zero-order valence-electron chi connectivity index (χ0n) is 15.3. The predicted octanol–water partition coefficient (Wildman–Crippen LogP) is 4.32. The van der Waals surface area contributed by atoms with E-state index in [1.807, 2.05) is 55.6 Å². The maximum Gasteiger partial charge on any atom is 0.240 e. The second kappa shape index (κ2) is 7.71. The van der Waals surface area contributed by atoms with Gasteiger partial charge in [-0.1, -0.05) is 29.8 Å². The quantitative estimate of drug-likeness (QED) is 0.673. The fraction of sp³-hybridized carbons (Fsp3) is 0.333. The van der Waals surface area contributed by atoms with E-state index in [2.05, 4.69) is 9.88 Å². The number of carbonyl (C=O) groups is 1. The number of amides is 1. The summed E-state index contributed by atoms with van der Waals surface area (Å²) in [6.07, 6.45) is 1.87. The zero-order valence-corrected chi connectivity index (χ0v) is 16.0. The Labute approximate surface area is 163 Å². The number of hydrogen-bond acceptors (Lipinski definition) is 4. The van der Waals surface area contributed by atoms with Gasteiger partial charge in [-0.15, -0.1) is 0 Å². The Kier molecular flexibility index (Phi) is 5.14. The molecule has 140 valence electrons. The molecule has 6 heteroatoms. The number of oxazole rings is 1. The monoisotopic (exact) mass is 383 g/mol. The first kappa shape index (κ1) is 18.0. The third-order valence-corrected chi connectivity index (χ3v) is 5.41. The van der Waals surface area contributed by atoms with E-state index in [4.69, 9.17) is 16.0 Å². The summed E-state index contributed by atoms with van der Waals surface area (Å²) in [6.45, 7) is 2.15. The van der Waals surface area contributed by atoms with E-state index in [-0.39, 0.29) is 11.8 Å². The average Bonchev–Trinajstić information content (AvgIpc) is 3.11. The Balaban J connectivity index is 1.35. The van der Waals surface area contributed by atoms with Crippen molar-refractivity contribution in [2.24, 2.45) is 0 Å². The van der Waals surface area contributed by atoms with E-state index in [9.17, 15) is 4.79 Å². The lowest BCUT2D eigenvalue weighted by Crippen LogP contribution is -2.42. The second-order valence-corrected chi connectivity index (χ2v) is 7.44. The molecule has 4 rings (SSSR count). The number of hydrogen-bond donors (Lipinski definition) is 0. The van der Waals surface area contributed by atoms with Crippen LogP contribution in [0, 0.1) is 0 Å². The Morgan fingerprint density at radius 2 is 1.96 bits per heavy atom. The molecule has 2 aromatic carbocycles. The van der Waals surface area contributed by atoms with Crippen LogP contribution in [-0.2, 0) is 4.79 Å². The summed E-state index contributed by atoms with van der Waals surface area (Å²) in [5.41, 5.74) is 2.50. The number of likely N-dealkylation sites (tertiary alicyclic amines) is 1. The van der Waals surface area contributed by atoms with Crippen LogP contribution in [0.1, 0.15) is 24.7 Å². The van der Waals surface area contributed by atoms with Crippen molar-refractivity contribution in [1.29, 1.82) is 0 Å². The number of rotatable bonds is 4. The molecule has 0 spiro atoms. The van der Waals surface area contributed by atoms with Gasteiger partial charge in [-0.25, -0.2) is 4.98 Å². The highest BCUT2D eigenvalue weighted by molar-refractivity contribution is 6.31. The second-order valence-electron chi connectivity index (χ2n) is 7.00. The molecule has 0 bridgehead atoms. The summed E-state index contributed by atoms with van der Waals surface area (Å²) >= 11 is 6.03. The van der Waals surface area contributed by atoms with Crippen molar-refractivity contribution < 1.29 is 9.21 Å². The van der Waals surface area contributed by atoms with E-state index in [0.29, 0.717) is 11.6 Å². The molecule has 1 saturated heterocycles. The van der Waals surface area contributed by atoms with Gasteiger partial charge in [-0.2, -0.15) is 0 Å². The van der Waals surface area contributed by atoms with E-state index in [1.165, 1.54) is 0 Å². The lowest BCUT2D eigenvalue weighted by molar-refractivity contribution is -0.119. The lowest BCUT2D eigenvalue weighted by Gasteiger charge is -2.31. The van der Waals surface area contributed by atoms with Crippen molar-refractivity contribution >= 4 is 34.3 Å². The molecule has 1 aliphatic rings. The summed E-state index contributed by atoms with van der Waals surface area (Å²) in [5.74, 6) is 1.17. The van der Waals surface area contributed by atoms with Gasteiger partial charge < -0.3 is 9.32 Å². The molecule has 0 atom stereocenters. The van der Waals surface area contributed by atoms with Gasteiger partial charge in [0.2, 0.25) is 5.91 Å². The van der Waals surface area contributed by atoms with E-state index in [1.54, 1.807) is 4.90 Å². The van der Waals surface area contributed by atoms with Crippen molar-refractivity contribution in [3.63, 3.8) is 0 Å². The Morgan fingerprint density at radius 1 is 1.22 bits per heavy atom. The van der Waals surface area contributed by atoms with Gasteiger partial charge in [0.05, 0.1) is 6.54 Å². The van der Waals surface area contributed by atoms with Crippen LogP contribution >= 0.6 is 11.6 Å². The predicted molar refractivity (Wildman–Crippen MR) is 107 cm³/mol. The Hall–Kier alpha value is -2.37. The van der Waals surface area contributed by atoms with Crippen LogP contribution in [0.25, 0.3) is 11.1 Å². The van der Waals surface area contributed by atoms with Crippen molar-refractivity contribution in [2.45, 2.75) is 18.8 Å². The Bertz CT molecular complexity index is 933. The van der Waals surface area contributed by atoms with Crippen LogP contribution in [0.15, 0.2) is 52.9 Å². The molecule has 1 aliphatic heterocycles. The minimum Gasteiger partial charge on any atom is -0.440 e. The van der Waals surface area contributed by atoms with Gasteiger partial charge in [0, 0.05) is 23.7 Å². The summed E-state index contributed by atoms with van der Waals surface area (Å²) in [4.78, 5) is 21.1. The van der Waals surface area contributed by atoms with Gasteiger partial charge in [0.1, 0.15) is 5.52 Å². The highest BCUT2D eigenvalue weighted by atomic mass is 35.5. The number of piperidine rings is 1. The molecule has 0 saturated carbocycles. The van der Waals surface area contributed by atoms with Crippen LogP contribution in [0.5, 0.6) is 0 Å². The highest BCUT2D eigenvalue weighted by Crippen LogP contribution is 2.30. The number of benzene rings is 2. The molecule has 5 nitrogen and oxygen atoms in total. The first-order valence-electron chi connectivity index (χ1n) is 9.20. The number of nitrogens with zero attached hydrogens (tertiary/aromatic N) is 3. The average molecular weight is 384 g/mol. The van der Waals surface area contributed by atoms with Gasteiger partial charge in [-0.3, -0.25) is 9.69 Å². The number of carbonyl (C=O) groups excluding carboxylic acids is 1. The third-order valence-electron chi connectivity index (χ3n) is 5.18. The van der Waals surface area contributed by atoms with E-state index >= 15 is 0 Å². The number of fused-ring (bicyclic) bond motifs is 1. The minimum atomic E-state index is 0.108. The topological polar surface area (TPSA) is 49.6 Å². The zero-order chi connectivity index (χ0) is 18.8. The van der Waals surface area contributed by atoms with Crippen LogP contribution < -0.4 is 4.90 Å². The largest absolute Gasteiger partial charge is 0.440 e. The van der Waals surface area contributed by atoms with Crippen molar-refractivity contribution in [1.82, 2.24) is 9.88 Å². The molecule has 0 N–H and O–H groups in total. The molecule has 0 aliphatic carbocycles. The minimum absolute atomic E-state index is 0.108. The first-order chi connectivity index (χ1) is 13.1. The summed E-state index contributed by atoms with van der Waals surface area (Å²) in [7, 11) is 1.83. The molecule has 1 aromatic heterocycles. The van der Waals surface area contributed by atoms with Crippen LogP contribution in [0.4, 0.5) is 5.69 Å². The first-order valence-corrected chi connectivity index (χ1v) is 9.58. The van der Waals surface area contributed by atoms with E-state index in [0.717, 1.165) is 48.6 Å². The smallest absolute Gasteiger partial charge is 0.240 e. The van der Waals surface area contributed by atoms with Crippen molar-refractivity contribution in [3.8, 4) is 0 Å². The van der Waals surface area contributed by atoms with Crippen LogP contribution in [-0.4, -0.2) is 42.5 Å². The lowest BCUT2D eigenvalue weighted by atomic mass is 9.97. The molecule has 0 radical (unpaired) electrons. The van der Waals surface area contributed by atoms with Gasteiger partial charge in [0.15, 0.2) is 11.5 Å². The van der Waals surface area contributed by atoms with Gasteiger partial charge in [0.25, 0.3) is 0 Å². The number of halogens is 1. The van der Waals surface area contributed by atoms with Crippen LogP contribution in [0.3, 0.4) is 0 Å². The maximum absolute atomic E-state index is 12.6. The summed E-state index contributed by atoms with van der Waals surface area (Å²) in [6, 6.07) is 15.2. The van der Waals surface area contributed by atoms with Crippen LogP contribution in [0.2, 0.25) is 5.02 Å². The van der Waals surface area contributed by atoms with Crippen molar-refractivity contribution in [3.05, 3.63) is 59.4 Å². The molecular formula is C21H22ClN3O2. The van der Waals surface area contributed by atoms with Crippen molar-refractivity contribution in [2.75, 3.05) is 31.6 Å². The molecule has 3 aromatic rings. The fourth-order valence-electron chi connectivity index (χ4n) is 3.52. The molecule has 0 unspecified atom stereocenters.